The van der Waals surface area contributed by atoms with E-state index in [1.165, 1.54) is 15.8 Å². The molecular weight excluding hydrogens is 318 g/mol. The zero-order valence-electron chi connectivity index (χ0n) is 13.3. The third-order valence-electron chi connectivity index (χ3n) is 4.37. The maximum atomic E-state index is 12.4. The number of hydrogen-bond acceptors (Lipinski definition) is 4. The lowest BCUT2D eigenvalue weighted by Crippen LogP contribution is -2.48. The third kappa shape index (κ3) is 3.18. The number of nitrogens with zero attached hydrogens (tertiary/aromatic N) is 1. The highest BCUT2D eigenvalue weighted by molar-refractivity contribution is 7.18. The Balaban J connectivity index is 1.32. The van der Waals surface area contributed by atoms with Crippen LogP contribution in [-0.2, 0) is 24.2 Å². The lowest BCUT2D eigenvalue weighted by atomic mass is 9.95. The summed E-state index contributed by atoms with van der Waals surface area (Å²) in [6, 6.07) is 16.3. The van der Waals surface area contributed by atoms with Crippen molar-refractivity contribution in [3.05, 3.63) is 64.7 Å². The molecule has 4 rings (SSSR count). The first-order valence-electron chi connectivity index (χ1n) is 8.22. The Morgan fingerprint density at radius 3 is 2.83 bits per heavy atom. The van der Waals surface area contributed by atoms with Crippen molar-refractivity contribution < 1.29 is 4.79 Å². The average molecular weight is 337 g/mol. The standard InChI is InChI=1S/C19H19N3OS/c23-19(16-11-13-5-1-2-6-14(13)12-21-16)20-10-9-18-22-15-7-3-4-8-17(15)24-18/h1-8,16,21H,9-12H2,(H,20,23). The maximum absolute atomic E-state index is 12.4. The van der Waals surface area contributed by atoms with Gasteiger partial charge in [-0.15, -0.1) is 11.3 Å². The minimum atomic E-state index is -0.143. The fourth-order valence-electron chi connectivity index (χ4n) is 3.08. The molecule has 1 aliphatic heterocycles. The van der Waals surface area contributed by atoms with Gasteiger partial charge in [0.05, 0.1) is 21.3 Å². The van der Waals surface area contributed by atoms with Gasteiger partial charge in [0.1, 0.15) is 0 Å². The Hall–Kier alpha value is -2.24. The van der Waals surface area contributed by atoms with Gasteiger partial charge in [-0.05, 0) is 29.7 Å². The zero-order valence-corrected chi connectivity index (χ0v) is 14.1. The van der Waals surface area contributed by atoms with Crippen molar-refractivity contribution in [3.63, 3.8) is 0 Å². The van der Waals surface area contributed by atoms with E-state index in [9.17, 15) is 4.79 Å². The molecule has 0 fully saturated rings. The van der Waals surface area contributed by atoms with Crippen LogP contribution in [0, 0.1) is 0 Å². The van der Waals surface area contributed by atoms with Gasteiger partial charge in [0.25, 0.3) is 0 Å². The highest BCUT2D eigenvalue weighted by Crippen LogP contribution is 2.21. The second-order valence-corrected chi connectivity index (χ2v) is 7.14. The Morgan fingerprint density at radius 1 is 1.17 bits per heavy atom. The molecule has 1 aliphatic rings. The highest BCUT2D eigenvalue weighted by atomic mass is 32.1. The highest BCUT2D eigenvalue weighted by Gasteiger charge is 2.23. The molecule has 0 aliphatic carbocycles. The molecule has 2 heterocycles. The van der Waals surface area contributed by atoms with E-state index in [2.05, 4.69) is 33.8 Å². The van der Waals surface area contributed by atoms with E-state index in [1.807, 2.05) is 30.3 Å². The quantitative estimate of drug-likeness (QED) is 0.770. The summed E-state index contributed by atoms with van der Waals surface area (Å²) in [5.74, 6) is 0.0746. The van der Waals surface area contributed by atoms with Crippen LogP contribution in [0.1, 0.15) is 16.1 Å². The maximum Gasteiger partial charge on any atom is 0.237 e. The lowest BCUT2D eigenvalue weighted by molar-refractivity contribution is -0.123. The number of carbonyl (C=O) groups is 1. The number of aromatic nitrogens is 1. The molecule has 2 aromatic carbocycles. The van der Waals surface area contributed by atoms with E-state index in [1.54, 1.807) is 11.3 Å². The molecule has 3 aromatic rings. The first-order valence-corrected chi connectivity index (χ1v) is 9.03. The predicted molar refractivity (Wildman–Crippen MR) is 97.1 cm³/mol. The Kier molecular flexibility index (Phi) is 4.28. The predicted octanol–water partition coefficient (Wildman–Crippen LogP) is 2.67. The van der Waals surface area contributed by atoms with Crippen molar-refractivity contribution >= 4 is 27.5 Å². The second kappa shape index (κ2) is 6.71. The largest absolute Gasteiger partial charge is 0.354 e. The molecule has 0 bridgehead atoms. The Morgan fingerprint density at radius 2 is 1.96 bits per heavy atom. The number of thiazole rings is 1. The van der Waals surface area contributed by atoms with Crippen LogP contribution in [0.3, 0.4) is 0 Å². The molecule has 122 valence electrons. The molecule has 4 nitrogen and oxygen atoms in total. The van der Waals surface area contributed by atoms with Crippen LogP contribution in [0.15, 0.2) is 48.5 Å². The van der Waals surface area contributed by atoms with Crippen LogP contribution in [0.5, 0.6) is 0 Å². The summed E-state index contributed by atoms with van der Waals surface area (Å²) in [7, 11) is 0. The summed E-state index contributed by atoms with van der Waals surface area (Å²) in [4.78, 5) is 17.0. The normalized spacial score (nSPS) is 16.8. The summed E-state index contributed by atoms with van der Waals surface area (Å²) < 4.78 is 1.20. The fourth-order valence-corrected chi connectivity index (χ4v) is 4.05. The number of amides is 1. The Labute approximate surface area is 144 Å². The van der Waals surface area contributed by atoms with Crippen molar-refractivity contribution in [2.75, 3.05) is 6.54 Å². The van der Waals surface area contributed by atoms with Crippen molar-refractivity contribution in [2.24, 2.45) is 0 Å². The SMILES string of the molecule is O=C(NCCc1nc2ccccc2s1)C1Cc2ccccc2CN1. The number of carbonyl (C=O) groups excluding carboxylic acids is 1. The van der Waals surface area contributed by atoms with Crippen LogP contribution in [0.2, 0.25) is 0 Å². The van der Waals surface area contributed by atoms with Gasteiger partial charge in [-0.2, -0.15) is 0 Å². The molecule has 1 aromatic heterocycles. The minimum absolute atomic E-state index is 0.0746. The number of hydrogen-bond donors (Lipinski definition) is 2. The van der Waals surface area contributed by atoms with Crippen LogP contribution < -0.4 is 10.6 Å². The molecule has 0 saturated heterocycles. The smallest absolute Gasteiger partial charge is 0.237 e. The van der Waals surface area contributed by atoms with E-state index in [0.717, 1.165) is 29.9 Å². The van der Waals surface area contributed by atoms with Gasteiger partial charge in [-0.3, -0.25) is 4.79 Å². The van der Waals surface area contributed by atoms with E-state index in [4.69, 9.17) is 0 Å². The number of benzene rings is 2. The molecule has 0 saturated carbocycles. The first-order chi connectivity index (χ1) is 11.8. The number of para-hydroxylation sites is 1. The van der Waals surface area contributed by atoms with E-state index in [-0.39, 0.29) is 11.9 Å². The molecule has 0 spiro atoms. The van der Waals surface area contributed by atoms with Crippen LogP contribution in [0.25, 0.3) is 10.2 Å². The number of rotatable bonds is 4. The van der Waals surface area contributed by atoms with Crippen LogP contribution in [0.4, 0.5) is 0 Å². The van der Waals surface area contributed by atoms with Gasteiger partial charge < -0.3 is 10.6 Å². The van der Waals surface area contributed by atoms with Gasteiger partial charge in [0, 0.05) is 19.5 Å². The second-order valence-electron chi connectivity index (χ2n) is 6.02. The Bertz CT molecular complexity index is 841. The molecule has 1 atom stereocenters. The third-order valence-corrected chi connectivity index (χ3v) is 5.47. The first kappa shape index (κ1) is 15.3. The van der Waals surface area contributed by atoms with Gasteiger partial charge in [0.15, 0.2) is 0 Å². The van der Waals surface area contributed by atoms with Gasteiger partial charge in [-0.1, -0.05) is 36.4 Å². The van der Waals surface area contributed by atoms with Gasteiger partial charge in [0.2, 0.25) is 5.91 Å². The van der Waals surface area contributed by atoms with Crippen LogP contribution in [-0.4, -0.2) is 23.5 Å². The molecule has 24 heavy (non-hydrogen) atoms. The molecule has 2 N–H and O–H groups in total. The molecule has 5 heteroatoms. The fraction of sp³-hybridized carbons (Fsp3) is 0.263. The summed E-state index contributed by atoms with van der Waals surface area (Å²) in [5, 5.41) is 7.43. The zero-order chi connectivity index (χ0) is 16.4. The average Bonchev–Trinajstić information content (AvgIpc) is 3.04. The summed E-state index contributed by atoms with van der Waals surface area (Å²) in [6.07, 6.45) is 1.53. The lowest BCUT2D eigenvalue weighted by Gasteiger charge is -2.25. The molecular formula is C19H19N3OS. The number of fused-ring (bicyclic) bond motifs is 2. The summed E-state index contributed by atoms with van der Waals surface area (Å²) >= 11 is 1.70. The van der Waals surface area contributed by atoms with E-state index < -0.39 is 0 Å². The summed E-state index contributed by atoms with van der Waals surface area (Å²) in [5.41, 5.74) is 3.59. The molecule has 1 unspecified atom stereocenters. The minimum Gasteiger partial charge on any atom is -0.354 e. The van der Waals surface area contributed by atoms with Gasteiger partial charge in [-0.25, -0.2) is 4.98 Å². The molecule has 1 amide bonds. The van der Waals surface area contributed by atoms with Crippen molar-refractivity contribution in [3.8, 4) is 0 Å². The van der Waals surface area contributed by atoms with Crippen molar-refractivity contribution in [2.45, 2.75) is 25.4 Å². The monoisotopic (exact) mass is 337 g/mol. The van der Waals surface area contributed by atoms with Gasteiger partial charge >= 0.3 is 0 Å². The molecule has 0 radical (unpaired) electrons. The van der Waals surface area contributed by atoms with Crippen LogP contribution >= 0.6 is 11.3 Å². The number of nitrogens with one attached hydrogen (secondary N) is 2. The van der Waals surface area contributed by atoms with Crippen molar-refractivity contribution in [1.29, 1.82) is 0 Å². The van der Waals surface area contributed by atoms with E-state index in [0.29, 0.717) is 6.54 Å². The van der Waals surface area contributed by atoms with E-state index >= 15 is 0 Å². The summed E-state index contributed by atoms with van der Waals surface area (Å²) in [6.45, 7) is 1.38. The van der Waals surface area contributed by atoms with Crippen molar-refractivity contribution in [1.82, 2.24) is 15.6 Å². The topological polar surface area (TPSA) is 54.0 Å².